The van der Waals surface area contributed by atoms with Crippen LogP contribution in [0, 0.1) is 11.1 Å². The third-order valence-electron chi connectivity index (χ3n) is 5.67. The summed E-state index contributed by atoms with van der Waals surface area (Å²) in [6.45, 7) is -2.69. The number of thioether (sulfide) groups is 1. The molecule has 0 spiro atoms. The van der Waals surface area contributed by atoms with E-state index in [9.17, 15) is 18.8 Å². The van der Waals surface area contributed by atoms with Crippen LogP contribution in [-0.4, -0.2) is 25.6 Å². The van der Waals surface area contributed by atoms with Crippen molar-refractivity contribution in [3.63, 3.8) is 0 Å². The topological polar surface area (TPSA) is 80.9 Å². The van der Waals surface area contributed by atoms with E-state index < -0.39 is 18.0 Å². The third kappa shape index (κ3) is 7.78. The lowest BCUT2D eigenvalue weighted by atomic mass is 10.0. The van der Waals surface area contributed by atoms with Crippen LogP contribution < -0.4 is 18.9 Å². The van der Waals surface area contributed by atoms with E-state index in [0.29, 0.717) is 39.0 Å². The minimum absolute atomic E-state index is 0.00450. The van der Waals surface area contributed by atoms with Crippen LogP contribution >= 0.6 is 35.0 Å². The summed E-state index contributed by atoms with van der Waals surface area (Å²) in [5, 5.41) is 11.2. The Morgan fingerprint density at radius 3 is 2.39 bits per heavy atom. The lowest BCUT2D eigenvalue weighted by Crippen LogP contribution is -2.25. The van der Waals surface area contributed by atoms with Crippen molar-refractivity contribution in [1.29, 1.82) is 0 Å². The highest BCUT2D eigenvalue weighted by atomic mass is 35.5. The van der Waals surface area contributed by atoms with Gasteiger partial charge in [0.2, 0.25) is 0 Å². The predicted molar refractivity (Wildman–Crippen MR) is 138 cm³/mol. The number of rotatable bonds is 11. The van der Waals surface area contributed by atoms with Gasteiger partial charge in [-0.3, -0.25) is 0 Å². The highest BCUT2D eigenvalue weighted by Crippen LogP contribution is 2.38. The Morgan fingerprint density at radius 2 is 1.79 bits per heavy atom. The van der Waals surface area contributed by atoms with Gasteiger partial charge in [0.05, 0.1) is 13.7 Å². The second-order valence-corrected chi connectivity index (χ2v) is 10.3. The highest BCUT2D eigenvalue weighted by Gasteiger charge is 2.26. The van der Waals surface area contributed by atoms with E-state index in [1.54, 1.807) is 24.3 Å². The van der Waals surface area contributed by atoms with Gasteiger partial charge in [0.25, 0.3) is 0 Å². The Labute approximate surface area is 232 Å². The highest BCUT2D eigenvalue weighted by molar-refractivity contribution is 8.13. The summed E-state index contributed by atoms with van der Waals surface area (Å²) in [7, 11) is 1.54. The second kappa shape index (κ2) is 12.7. The van der Waals surface area contributed by atoms with Gasteiger partial charge in [-0.05, 0) is 72.5 Å². The molecule has 0 radical (unpaired) electrons. The lowest BCUT2D eigenvalue weighted by Gasteiger charge is -2.21. The molecule has 38 heavy (non-hydrogen) atoms. The number of methoxy groups -OCH3 is 1. The van der Waals surface area contributed by atoms with Crippen LogP contribution in [0.15, 0.2) is 59.8 Å². The molecule has 3 aromatic rings. The first-order chi connectivity index (χ1) is 18.2. The van der Waals surface area contributed by atoms with Gasteiger partial charge >= 0.3 is 11.9 Å². The summed E-state index contributed by atoms with van der Waals surface area (Å²) >= 11 is 13.4. The summed E-state index contributed by atoms with van der Waals surface area (Å²) in [6, 6.07) is 11.2. The summed E-state index contributed by atoms with van der Waals surface area (Å²) in [6.07, 6.45) is 3.32. The molecule has 1 aliphatic carbocycles. The predicted octanol–water partition coefficient (Wildman–Crippen LogP) is 7.24. The standard InChI is InChI=1S/C26H23Cl2F2NO6S/c1-34-17-5-7-18(8-6-17)38-26(32)37-23(11-19-20(27)12-31(33)13-21(19)28)16-4-9-22(36-25(29)30)24(10-16)35-14-15-2-3-15/h4-10,12-13,15,23,25H,2-3,11,14H2,1H3/t23-/m0/s1. The smallest absolute Gasteiger partial charge is 0.387 e. The minimum atomic E-state index is -3.04. The molecule has 7 nitrogen and oxygen atoms in total. The van der Waals surface area contributed by atoms with E-state index >= 15 is 0 Å². The third-order valence-corrected chi connectivity index (χ3v) is 7.10. The quantitative estimate of drug-likeness (QED) is 0.101. The molecule has 0 amide bonds. The zero-order valence-corrected chi connectivity index (χ0v) is 22.4. The zero-order valence-electron chi connectivity index (χ0n) is 20.1. The van der Waals surface area contributed by atoms with Gasteiger partial charge < -0.3 is 24.2 Å². The molecule has 0 aliphatic heterocycles. The van der Waals surface area contributed by atoms with E-state index in [2.05, 4.69) is 4.74 Å². The fourth-order valence-corrected chi connectivity index (χ4v) is 4.77. The number of nitrogens with zero attached hydrogens (tertiary/aromatic N) is 1. The minimum Gasteiger partial charge on any atom is -0.619 e. The van der Waals surface area contributed by atoms with Crippen molar-refractivity contribution in [2.24, 2.45) is 5.92 Å². The van der Waals surface area contributed by atoms with Crippen molar-refractivity contribution in [1.82, 2.24) is 0 Å². The van der Waals surface area contributed by atoms with Crippen LogP contribution in [0.1, 0.15) is 30.1 Å². The number of carbonyl (C=O) groups excluding carboxylic acids is 1. The molecular formula is C26H23Cl2F2NO6S. The van der Waals surface area contributed by atoms with Gasteiger partial charge in [-0.25, -0.2) is 4.79 Å². The van der Waals surface area contributed by atoms with Gasteiger partial charge in [-0.1, -0.05) is 29.3 Å². The molecular weight excluding hydrogens is 563 g/mol. The average Bonchev–Trinajstić information content (AvgIpc) is 3.69. The molecule has 1 aromatic heterocycles. The molecule has 202 valence electrons. The van der Waals surface area contributed by atoms with Crippen LogP contribution in [0.25, 0.3) is 0 Å². The maximum Gasteiger partial charge on any atom is 0.387 e. The number of hydrogen-bond acceptors (Lipinski definition) is 7. The number of benzene rings is 2. The molecule has 4 rings (SSSR count). The summed E-state index contributed by atoms with van der Waals surface area (Å²) in [4.78, 5) is 13.5. The number of aromatic nitrogens is 1. The number of hydrogen-bond donors (Lipinski definition) is 0. The van der Waals surface area contributed by atoms with Gasteiger partial charge in [-0.15, -0.1) is 0 Å². The Kier molecular flexibility index (Phi) is 9.40. The second-order valence-electron chi connectivity index (χ2n) is 8.47. The number of ether oxygens (including phenoxy) is 4. The van der Waals surface area contributed by atoms with Crippen molar-refractivity contribution < 1.29 is 37.3 Å². The molecule has 0 saturated heterocycles. The Hall–Kier alpha value is -2.95. The van der Waals surface area contributed by atoms with Crippen LogP contribution in [0.4, 0.5) is 13.6 Å². The number of halogens is 4. The summed E-state index contributed by atoms with van der Waals surface area (Å²) < 4.78 is 47.8. The first-order valence-electron chi connectivity index (χ1n) is 11.5. The number of carbonyl (C=O) groups is 1. The molecule has 1 saturated carbocycles. The van der Waals surface area contributed by atoms with E-state index in [1.807, 2.05) is 0 Å². The molecule has 0 unspecified atom stereocenters. The number of pyridine rings is 1. The zero-order chi connectivity index (χ0) is 27.2. The largest absolute Gasteiger partial charge is 0.619 e. The number of alkyl halides is 2. The first-order valence-corrected chi connectivity index (χ1v) is 13.1. The van der Waals surface area contributed by atoms with Gasteiger partial charge in [0, 0.05) is 16.9 Å². The molecule has 1 heterocycles. The summed E-state index contributed by atoms with van der Waals surface area (Å²) in [5.41, 5.74) is 0.813. The molecule has 0 N–H and O–H groups in total. The summed E-state index contributed by atoms with van der Waals surface area (Å²) in [5.74, 6) is 0.953. The van der Waals surface area contributed by atoms with Crippen molar-refractivity contribution in [3.05, 3.63) is 81.2 Å². The van der Waals surface area contributed by atoms with Crippen molar-refractivity contribution >= 4 is 40.3 Å². The Bertz CT molecular complexity index is 1250. The van der Waals surface area contributed by atoms with E-state index in [-0.39, 0.29) is 28.0 Å². The fourth-order valence-electron chi connectivity index (χ4n) is 3.54. The molecule has 1 atom stereocenters. The Balaban J connectivity index is 1.63. The Morgan fingerprint density at radius 1 is 1.11 bits per heavy atom. The van der Waals surface area contributed by atoms with Gasteiger partial charge in [0.15, 0.2) is 23.9 Å². The van der Waals surface area contributed by atoms with Gasteiger partial charge in [-0.2, -0.15) is 13.5 Å². The van der Waals surface area contributed by atoms with Gasteiger partial charge in [0.1, 0.15) is 21.9 Å². The fraction of sp³-hybridized carbons (Fsp3) is 0.308. The van der Waals surface area contributed by atoms with Crippen LogP contribution in [-0.2, 0) is 11.2 Å². The van der Waals surface area contributed by atoms with E-state index in [1.165, 1.54) is 25.3 Å². The molecule has 12 heteroatoms. The van der Waals surface area contributed by atoms with E-state index in [4.69, 9.17) is 37.4 Å². The normalized spacial score (nSPS) is 13.7. The maximum absolute atomic E-state index is 13.0. The molecule has 1 aliphatic rings. The molecule has 0 bridgehead atoms. The van der Waals surface area contributed by atoms with E-state index in [0.717, 1.165) is 37.0 Å². The monoisotopic (exact) mass is 585 g/mol. The molecule has 2 aromatic carbocycles. The van der Waals surface area contributed by atoms with Crippen molar-refractivity contribution in [3.8, 4) is 17.2 Å². The van der Waals surface area contributed by atoms with Crippen molar-refractivity contribution in [2.75, 3.05) is 13.7 Å². The molecule has 1 fully saturated rings. The average molecular weight is 586 g/mol. The SMILES string of the molecule is COc1ccc(SC(=O)O[C@@H](Cc2c(Cl)c[n+]([O-])cc2Cl)c2ccc(OC(F)F)c(OCC3CC3)c2)cc1. The lowest BCUT2D eigenvalue weighted by molar-refractivity contribution is -0.605. The van der Waals surface area contributed by atoms with Crippen LogP contribution in [0.2, 0.25) is 10.0 Å². The maximum atomic E-state index is 13.0. The first kappa shape index (κ1) is 28.1. The van der Waals surface area contributed by atoms with Crippen molar-refractivity contribution in [2.45, 2.75) is 36.9 Å². The van der Waals surface area contributed by atoms with Crippen LogP contribution in [0.5, 0.6) is 17.2 Å². The van der Waals surface area contributed by atoms with Crippen LogP contribution in [0.3, 0.4) is 0 Å².